The summed E-state index contributed by atoms with van der Waals surface area (Å²) in [4.78, 5) is 7.81. The first kappa shape index (κ1) is 10.6. The lowest BCUT2D eigenvalue weighted by Gasteiger charge is -2.10. The predicted octanol–water partition coefficient (Wildman–Crippen LogP) is 1.33. The zero-order valence-corrected chi connectivity index (χ0v) is 8.74. The number of hydrogen-bond acceptors (Lipinski definition) is 4. The maximum absolute atomic E-state index is 9.98. The number of aliphatic hydroxyl groups excluding tert-OH is 1. The largest absolute Gasteiger partial charge is 0.388 e. The molecule has 2 aromatic rings. The molecule has 0 aliphatic heterocycles. The summed E-state index contributed by atoms with van der Waals surface area (Å²) in [5, 5.41) is 9.98. The topological polar surface area (TPSA) is 72.0 Å². The quantitative estimate of drug-likeness (QED) is 0.810. The molecule has 4 nitrogen and oxygen atoms in total. The molecule has 82 valence electrons. The van der Waals surface area contributed by atoms with Crippen molar-refractivity contribution in [3.05, 3.63) is 54.0 Å². The fourth-order valence-electron chi connectivity index (χ4n) is 1.55. The molecule has 1 unspecified atom stereocenters. The lowest BCUT2D eigenvalue weighted by Crippen LogP contribution is -2.02. The van der Waals surface area contributed by atoms with Gasteiger partial charge in [0.2, 0.25) is 0 Å². The number of nitrogens with two attached hydrogens (primary N) is 1. The first-order valence-corrected chi connectivity index (χ1v) is 5.04. The highest BCUT2D eigenvalue weighted by Gasteiger charge is 2.08. The average molecular weight is 215 g/mol. The molecule has 4 heteroatoms. The van der Waals surface area contributed by atoms with E-state index in [1.807, 2.05) is 6.07 Å². The van der Waals surface area contributed by atoms with Crippen LogP contribution in [-0.4, -0.2) is 15.1 Å². The van der Waals surface area contributed by atoms with Gasteiger partial charge in [0.05, 0.1) is 6.10 Å². The Labute approximate surface area is 93.8 Å². The number of nitrogens with zero attached hydrogens (tertiary/aromatic N) is 2. The monoisotopic (exact) mass is 215 g/mol. The Morgan fingerprint density at radius 2 is 1.94 bits per heavy atom. The zero-order valence-electron chi connectivity index (χ0n) is 8.74. The second-order valence-electron chi connectivity index (χ2n) is 3.59. The van der Waals surface area contributed by atoms with Crippen LogP contribution in [0.25, 0.3) is 0 Å². The molecular weight excluding hydrogens is 202 g/mol. The summed E-state index contributed by atoms with van der Waals surface area (Å²) in [6, 6.07) is 7.22. The summed E-state index contributed by atoms with van der Waals surface area (Å²) < 4.78 is 0. The van der Waals surface area contributed by atoms with Crippen LogP contribution in [0.2, 0.25) is 0 Å². The molecule has 0 fully saturated rings. The molecule has 2 aromatic heterocycles. The van der Waals surface area contributed by atoms with Crippen LogP contribution in [0.3, 0.4) is 0 Å². The third kappa shape index (κ3) is 2.55. The van der Waals surface area contributed by atoms with E-state index in [1.54, 1.807) is 36.8 Å². The minimum Gasteiger partial charge on any atom is -0.388 e. The highest BCUT2D eigenvalue weighted by Crippen LogP contribution is 2.17. The van der Waals surface area contributed by atoms with Gasteiger partial charge in [0, 0.05) is 25.0 Å². The van der Waals surface area contributed by atoms with E-state index >= 15 is 0 Å². The Balaban J connectivity index is 2.11. The lowest BCUT2D eigenvalue weighted by molar-refractivity contribution is 0.178. The standard InChI is InChI=1S/C12H13N3O/c13-12-8-9(1-6-15-12)7-11(16)10-2-4-14-5-3-10/h1-6,8,11,16H,7H2,(H2,13,15). The van der Waals surface area contributed by atoms with Crippen LogP contribution >= 0.6 is 0 Å². The molecule has 0 radical (unpaired) electrons. The van der Waals surface area contributed by atoms with E-state index in [4.69, 9.17) is 5.73 Å². The van der Waals surface area contributed by atoms with Crippen molar-refractivity contribution in [2.45, 2.75) is 12.5 Å². The first-order valence-electron chi connectivity index (χ1n) is 5.04. The Morgan fingerprint density at radius 3 is 2.62 bits per heavy atom. The predicted molar refractivity (Wildman–Crippen MR) is 61.6 cm³/mol. The van der Waals surface area contributed by atoms with Crippen molar-refractivity contribution in [1.29, 1.82) is 0 Å². The fraction of sp³-hybridized carbons (Fsp3) is 0.167. The minimum absolute atomic E-state index is 0.472. The minimum atomic E-state index is -0.537. The number of aromatic nitrogens is 2. The lowest BCUT2D eigenvalue weighted by atomic mass is 10.0. The van der Waals surface area contributed by atoms with E-state index in [0.29, 0.717) is 12.2 Å². The molecule has 0 aliphatic carbocycles. The molecule has 3 N–H and O–H groups in total. The molecule has 0 bridgehead atoms. The van der Waals surface area contributed by atoms with Crippen LogP contribution in [0.5, 0.6) is 0 Å². The van der Waals surface area contributed by atoms with Gasteiger partial charge in [-0.25, -0.2) is 4.98 Å². The maximum Gasteiger partial charge on any atom is 0.123 e. The Morgan fingerprint density at radius 1 is 1.19 bits per heavy atom. The Hall–Kier alpha value is -1.94. The van der Waals surface area contributed by atoms with Crippen LogP contribution in [0.15, 0.2) is 42.9 Å². The zero-order chi connectivity index (χ0) is 11.4. The van der Waals surface area contributed by atoms with Crippen LogP contribution in [0, 0.1) is 0 Å². The number of nitrogen functional groups attached to an aromatic ring is 1. The van der Waals surface area contributed by atoms with Gasteiger partial charge in [-0.2, -0.15) is 0 Å². The fourth-order valence-corrected chi connectivity index (χ4v) is 1.55. The second-order valence-corrected chi connectivity index (χ2v) is 3.59. The van der Waals surface area contributed by atoms with Gasteiger partial charge in [-0.05, 0) is 35.4 Å². The third-order valence-corrected chi connectivity index (χ3v) is 2.37. The summed E-state index contributed by atoms with van der Waals surface area (Å²) in [5.74, 6) is 0.472. The number of hydrogen-bond donors (Lipinski definition) is 2. The van der Waals surface area contributed by atoms with Crippen molar-refractivity contribution in [1.82, 2.24) is 9.97 Å². The SMILES string of the molecule is Nc1cc(CC(O)c2ccncc2)ccn1. The van der Waals surface area contributed by atoms with Gasteiger partial charge < -0.3 is 10.8 Å². The molecule has 0 aromatic carbocycles. The van der Waals surface area contributed by atoms with Gasteiger partial charge in [-0.3, -0.25) is 4.98 Å². The molecule has 0 saturated heterocycles. The number of aliphatic hydroxyl groups is 1. The molecule has 0 spiro atoms. The first-order chi connectivity index (χ1) is 7.75. The average Bonchev–Trinajstić information content (AvgIpc) is 2.30. The number of pyridine rings is 2. The van der Waals surface area contributed by atoms with Crippen LogP contribution < -0.4 is 5.73 Å². The normalized spacial score (nSPS) is 12.3. The van der Waals surface area contributed by atoms with E-state index in [-0.39, 0.29) is 0 Å². The molecule has 0 amide bonds. The van der Waals surface area contributed by atoms with Crippen molar-refractivity contribution in [3.8, 4) is 0 Å². The summed E-state index contributed by atoms with van der Waals surface area (Å²) in [5.41, 5.74) is 7.39. The van der Waals surface area contributed by atoms with Crippen molar-refractivity contribution in [2.24, 2.45) is 0 Å². The maximum atomic E-state index is 9.98. The van der Waals surface area contributed by atoms with E-state index in [2.05, 4.69) is 9.97 Å². The molecule has 0 aliphatic rings. The van der Waals surface area contributed by atoms with Crippen molar-refractivity contribution in [3.63, 3.8) is 0 Å². The molecule has 0 saturated carbocycles. The van der Waals surface area contributed by atoms with E-state index < -0.39 is 6.10 Å². The summed E-state index contributed by atoms with van der Waals surface area (Å²) in [6.45, 7) is 0. The second kappa shape index (κ2) is 4.72. The van der Waals surface area contributed by atoms with Crippen LogP contribution in [0.4, 0.5) is 5.82 Å². The highest BCUT2D eigenvalue weighted by molar-refractivity contribution is 5.32. The Bertz CT molecular complexity index is 459. The smallest absolute Gasteiger partial charge is 0.123 e. The van der Waals surface area contributed by atoms with Crippen LogP contribution in [-0.2, 0) is 6.42 Å². The third-order valence-electron chi connectivity index (χ3n) is 2.37. The molecule has 2 rings (SSSR count). The van der Waals surface area contributed by atoms with E-state index in [9.17, 15) is 5.11 Å². The number of rotatable bonds is 3. The van der Waals surface area contributed by atoms with Crippen molar-refractivity contribution >= 4 is 5.82 Å². The molecule has 1 atom stereocenters. The summed E-state index contributed by atoms with van der Waals surface area (Å²) in [7, 11) is 0. The van der Waals surface area contributed by atoms with Gasteiger partial charge in [-0.15, -0.1) is 0 Å². The number of anilines is 1. The van der Waals surface area contributed by atoms with Gasteiger partial charge in [0.1, 0.15) is 5.82 Å². The van der Waals surface area contributed by atoms with Crippen molar-refractivity contribution < 1.29 is 5.11 Å². The van der Waals surface area contributed by atoms with Gasteiger partial charge >= 0.3 is 0 Å². The summed E-state index contributed by atoms with van der Waals surface area (Å²) in [6.07, 6.45) is 4.96. The van der Waals surface area contributed by atoms with Gasteiger partial charge in [0.15, 0.2) is 0 Å². The van der Waals surface area contributed by atoms with Crippen molar-refractivity contribution in [2.75, 3.05) is 5.73 Å². The van der Waals surface area contributed by atoms with Gasteiger partial charge in [0.25, 0.3) is 0 Å². The summed E-state index contributed by atoms with van der Waals surface area (Å²) >= 11 is 0. The van der Waals surface area contributed by atoms with Crippen LogP contribution in [0.1, 0.15) is 17.2 Å². The molecular formula is C12H13N3O. The molecule has 2 heterocycles. The Kier molecular flexibility index (Phi) is 3.12. The highest BCUT2D eigenvalue weighted by atomic mass is 16.3. The van der Waals surface area contributed by atoms with E-state index in [1.165, 1.54) is 0 Å². The van der Waals surface area contributed by atoms with Gasteiger partial charge in [-0.1, -0.05) is 0 Å². The van der Waals surface area contributed by atoms with E-state index in [0.717, 1.165) is 11.1 Å². The molecule has 16 heavy (non-hydrogen) atoms.